The lowest BCUT2D eigenvalue weighted by Gasteiger charge is -3.12. The van der Waals surface area contributed by atoms with Crippen LogP contribution in [0.15, 0.2) is 84.9 Å². The van der Waals surface area contributed by atoms with E-state index in [4.69, 9.17) is 0 Å². The highest BCUT2D eigenvalue weighted by molar-refractivity contribution is 5.70. The van der Waals surface area contributed by atoms with Crippen molar-refractivity contribution in [3.63, 3.8) is 0 Å². The summed E-state index contributed by atoms with van der Waals surface area (Å²) in [6, 6.07) is 31.9. The van der Waals surface area contributed by atoms with Crippen molar-refractivity contribution in [2.75, 3.05) is 0 Å². The summed E-state index contributed by atoms with van der Waals surface area (Å²) >= 11 is 0. The first-order chi connectivity index (χ1) is 12.9. The molecule has 3 aromatic carbocycles. The zero-order chi connectivity index (χ0) is 16.7. The van der Waals surface area contributed by atoms with Crippen molar-refractivity contribution in [1.29, 1.82) is 0 Å². The van der Waals surface area contributed by atoms with E-state index in [0.29, 0.717) is 10.8 Å². The molecule has 0 aromatic heterocycles. The topological polar surface area (TPSA) is 0 Å². The molecule has 6 saturated carbocycles. The van der Waals surface area contributed by atoms with Gasteiger partial charge in [-0.3, -0.25) is 0 Å². The van der Waals surface area contributed by atoms with Crippen LogP contribution in [0.25, 0.3) is 11.1 Å². The maximum Gasteiger partial charge on any atom is 0.00561 e. The van der Waals surface area contributed by atoms with Gasteiger partial charge in [-0.2, -0.15) is 0 Å². The zero-order valence-corrected chi connectivity index (χ0v) is 14.5. The van der Waals surface area contributed by atoms with Gasteiger partial charge >= 0.3 is 0 Å². The molecule has 0 bridgehead atoms. The zero-order valence-electron chi connectivity index (χ0n) is 14.5. The van der Waals surface area contributed by atoms with E-state index in [2.05, 4.69) is 84.9 Å². The third-order valence-corrected chi connectivity index (χ3v) is 9.40. The first-order valence-corrected chi connectivity index (χ1v) is 10.1. The minimum absolute atomic E-state index is 0.603. The third-order valence-electron chi connectivity index (χ3n) is 9.40. The summed E-state index contributed by atoms with van der Waals surface area (Å²) in [4.78, 5) is 0. The van der Waals surface area contributed by atoms with E-state index in [-0.39, 0.29) is 0 Å². The summed E-state index contributed by atoms with van der Waals surface area (Å²) in [5, 5.41) is 0. The van der Waals surface area contributed by atoms with Crippen molar-refractivity contribution in [2.24, 2.45) is 35.5 Å². The fourth-order valence-electron chi connectivity index (χ4n) is 8.99. The van der Waals surface area contributed by atoms with Gasteiger partial charge in [0.15, 0.2) is 0 Å². The highest BCUT2D eigenvalue weighted by atomic mass is 15.1. The molecule has 0 N–H and O–H groups in total. The molecule has 0 saturated heterocycles. The fraction of sp³-hybridized carbons (Fsp3) is 0.308. The summed E-state index contributed by atoms with van der Waals surface area (Å²) in [5.74, 6) is 6.05. The molecule has 26 heavy (non-hydrogen) atoms. The Labute approximate surface area is 153 Å². The molecule has 0 radical (unpaired) electrons. The molecular weight excluding hydrogens is 312 g/mol. The molecular formula is C26H20. The monoisotopic (exact) mass is 332 g/mol. The second-order valence-electron chi connectivity index (χ2n) is 9.33. The van der Waals surface area contributed by atoms with Crippen LogP contribution in [-0.4, -0.2) is 0 Å². The standard InChI is InChI=1S/C26H20/c1-3-7-15(8-4-1)16-11-13-18(14-12-16)26-22-19-23(26)21-24(26)20(22)25(19,21)17-9-5-2-6-10-17/h1-14,19-24H. The first kappa shape index (κ1) is 12.9. The van der Waals surface area contributed by atoms with Crippen LogP contribution < -0.4 is 0 Å². The maximum absolute atomic E-state index is 2.46. The van der Waals surface area contributed by atoms with Gasteiger partial charge in [0.05, 0.1) is 0 Å². The lowest BCUT2D eigenvalue weighted by Crippen LogP contribution is -3.12. The Morgan fingerprint density at radius 2 is 0.769 bits per heavy atom. The molecule has 6 fully saturated rings. The van der Waals surface area contributed by atoms with Crippen molar-refractivity contribution in [2.45, 2.75) is 10.8 Å². The van der Waals surface area contributed by atoms with Crippen molar-refractivity contribution < 1.29 is 0 Å². The van der Waals surface area contributed by atoms with E-state index < -0.39 is 0 Å². The molecule has 0 heteroatoms. The van der Waals surface area contributed by atoms with Crippen LogP contribution in [0.4, 0.5) is 0 Å². The summed E-state index contributed by atoms with van der Waals surface area (Å²) in [6.07, 6.45) is 0. The minimum atomic E-state index is 0.603. The molecule has 6 aliphatic rings. The van der Waals surface area contributed by atoms with Gasteiger partial charge in [-0.15, -0.1) is 0 Å². The van der Waals surface area contributed by atoms with Crippen LogP contribution >= 0.6 is 0 Å². The lowest BCUT2D eigenvalue weighted by molar-refractivity contribution is -0.596. The first-order valence-electron chi connectivity index (χ1n) is 10.1. The molecule has 0 atom stereocenters. The van der Waals surface area contributed by atoms with Gasteiger partial charge in [0.25, 0.3) is 0 Å². The van der Waals surface area contributed by atoms with E-state index in [9.17, 15) is 0 Å². The van der Waals surface area contributed by atoms with Gasteiger partial charge in [0.2, 0.25) is 0 Å². The Morgan fingerprint density at radius 1 is 0.385 bits per heavy atom. The van der Waals surface area contributed by atoms with E-state index in [1.165, 1.54) is 11.1 Å². The van der Waals surface area contributed by atoms with Crippen molar-refractivity contribution in [3.05, 3.63) is 96.1 Å². The Bertz CT molecular complexity index is 1010. The van der Waals surface area contributed by atoms with E-state index in [1.807, 2.05) is 0 Å². The molecule has 0 nitrogen and oxygen atoms in total. The van der Waals surface area contributed by atoms with Gasteiger partial charge in [-0.1, -0.05) is 84.9 Å². The maximum atomic E-state index is 2.46. The predicted molar refractivity (Wildman–Crippen MR) is 103 cm³/mol. The van der Waals surface area contributed by atoms with Crippen molar-refractivity contribution in [1.82, 2.24) is 0 Å². The fourth-order valence-corrected chi connectivity index (χ4v) is 8.99. The SMILES string of the molecule is c1ccc(-c2ccc(C34C5C6C3C3C4C5C63c3ccccc3)cc2)cc1. The van der Waals surface area contributed by atoms with E-state index in [0.717, 1.165) is 35.5 Å². The smallest absolute Gasteiger partial charge is 0.00561 e. The molecule has 6 aliphatic carbocycles. The summed E-state index contributed by atoms with van der Waals surface area (Å²) in [7, 11) is 0. The van der Waals surface area contributed by atoms with E-state index in [1.54, 1.807) is 11.1 Å². The van der Waals surface area contributed by atoms with Crippen LogP contribution in [-0.2, 0) is 10.8 Å². The molecule has 124 valence electrons. The van der Waals surface area contributed by atoms with Crippen LogP contribution in [0.2, 0.25) is 0 Å². The van der Waals surface area contributed by atoms with Crippen LogP contribution in [0.3, 0.4) is 0 Å². The average molecular weight is 332 g/mol. The number of hydrogen-bond donors (Lipinski definition) is 0. The Kier molecular flexibility index (Phi) is 1.84. The Morgan fingerprint density at radius 3 is 1.27 bits per heavy atom. The summed E-state index contributed by atoms with van der Waals surface area (Å²) in [6.45, 7) is 0. The highest BCUT2D eigenvalue weighted by Crippen LogP contribution is 3.09. The molecule has 9 rings (SSSR count). The molecule has 0 amide bonds. The van der Waals surface area contributed by atoms with E-state index >= 15 is 0 Å². The molecule has 0 heterocycles. The lowest BCUT2D eigenvalue weighted by atomic mass is 8.91. The Balaban J connectivity index is 1.15. The summed E-state index contributed by atoms with van der Waals surface area (Å²) in [5.41, 5.74) is 7.24. The van der Waals surface area contributed by atoms with Gasteiger partial charge in [0.1, 0.15) is 0 Å². The second kappa shape index (κ2) is 3.69. The van der Waals surface area contributed by atoms with Crippen LogP contribution in [0.1, 0.15) is 11.1 Å². The molecule has 0 aliphatic heterocycles. The molecule has 0 spiro atoms. The van der Waals surface area contributed by atoms with Crippen molar-refractivity contribution >= 4 is 0 Å². The average Bonchev–Trinajstić information content (AvgIpc) is 2.75. The number of rotatable bonds is 3. The second-order valence-corrected chi connectivity index (χ2v) is 9.33. The number of benzene rings is 3. The van der Waals surface area contributed by atoms with Gasteiger partial charge < -0.3 is 0 Å². The quantitative estimate of drug-likeness (QED) is 0.611. The third kappa shape index (κ3) is 0.931. The predicted octanol–water partition coefficient (Wildman–Crippen LogP) is 5.29. The van der Waals surface area contributed by atoms with Gasteiger partial charge in [-0.05, 0) is 57.8 Å². The van der Waals surface area contributed by atoms with Crippen LogP contribution in [0.5, 0.6) is 0 Å². The Hall–Kier alpha value is -2.34. The van der Waals surface area contributed by atoms with Crippen molar-refractivity contribution in [3.8, 4) is 11.1 Å². The molecule has 3 aromatic rings. The minimum Gasteiger partial charge on any atom is -0.0622 e. The van der Waals surface area contributed by atoms with Gasteiger partial charge in [-0.25, -0.2) is 0 Å². The highest BCUT2D eigenvalue weighted by Gasteiger charge is 3.09. The number of hydrogen-bond acceptors (Lipinski definition) is 0. The normalized spacial score (nSPS) is 46.8. The largest absolute Gasteiger partial charge is 0.0622 e. The summed E-state index contributed by atoms with van der Waals surface area (Å²) < 4.78 is 0. The van der Waals surface area contributed by atoms with Crippen LogP contribution in [0, 0.1) is 35.5 Å². The van der Waals surface area contributed by atoms with Gasteiger partial charge in [0, 0.05) is 10.8 Å². The molecule has 0 unspecified atom stereocenters.